The van der Waals surface area contributed by atoms with E-state index >= 15 is 0 Å². The lowest BCUT2D eigenvalue weighted by Crippen LogP contribution is -1.90. The zero-order valence-corrected chi connectivity index (χ0v) is 15.8. The molecule has 1 aliphatic rings. The van der Waals surface area contributed by atoms with Gasteiger partial charge in [0.05, 0.1) is 5.02 Å². The highest BCUT2D eigenvalue weighted by atomic mass is 35.5. The number of aromatic nitrogens is 2. The second kappa shape index (κ2) is 8.88. The van der Waals surface area contributed by atoms with E-state index in [-0.39, 0.29) is 10.8 Å². The van der Waals surface area contributed by atoms with Gasteiger partial charge < -0.3 is 10.3 Å². The van der Waals surface area contributed by atoms with Crippen LogP contribution in [0.1, 0.15) is 44.4 Å². The molecule has 1 saturated carbocycles. The predicted octanol–water partition coefficient (Wildman–Crippen LogP) is 5.94. The molecule has 1 aliphatic carbocycles. The number of benzene rings is 1. The number of aromatic amines is 1. The molecule has 0 radical (unpaired) electrons. The molecule has 3 nitrogen and oxygen atoms in total. The van der Waals surface area contributed by atoms with E-state index in [4.69, 9.17) is 11.6 Å². The zero-order valence-electron chi connectivity index (χ0n) is 15.1. The molecule has 24 heavy (non-hydrogen) atoms. The van der Waals surface area contributed by atoms with E-state index in [2.05, 4.69) is 35.7 Å². The van der Waals surface area contributed by atoms with Crippen molar-refractivity contribution in [1.29, 1.82) is 0 Å². The molecule has 2 aromatic rings. The first-order valence-electron chi connectivity index (χ1n) is 7.96. The Balaban J connectivity index is 0.000000224. The van der Waals surface area contributed by atoms with E-state index in [1.54, 1.807) is 18.3 Å². The van der Waals surface area contributed by atoms with Gasteiger partial charge in [-0.05, 0) is 49.3 Å². The molecule has 2 N–H and O–H groups in total. The Morgan fingerprint density at radius 1 is 1.46 bits per heavy atom. The van der Waals surface area contributed by atoms with Gasteiger partial charge in [0.25, 0.3) is 0 Å². The van der Waals surface area contributed by atoms with E-state index in [0.717, 1.165) is 17.2 Å². The maximum absolute atomic E-state index is 12.8. The number of H-pyrrole nitrogens is 1. The molecule has 1 atom stereocenters. The Morgan fingerprint density at radius 2 is 2.04 bits per heavy atom. The van der Waals surface area contributed by atoms with Crippen LogP contribution in [0.4, 0.5) is 10.3 Å². The van der Waals surface area contributed by atoms with Gasteiger partial charge in [-0.15, -0.1) is 6.58 Å². The van der Waals surface area contributed by atoms with Crippen molar-refractivity contribution in [2.45, 2.75) is 40.0 Å². The molecule has 3 rings (SSSR count). The largest absolute Gasteiger partial charge is 0.359 e. The van der Waals surface area contributed by atoms with Gasteiger partial charge in [-0.1, -0.05) is 37.6 Å². The Labute approximate surface area is 149 Å². The molecule has 1 aromatic heterocycles. The molecule has 132 valence electrons. The van der Waals surface area contributed by atoms with Gasteiger partial charge in [-0.25, -0.2) is 9.37 Å². The lowest BCUT2D eigenvalue weighted by Gasteiger charge is -2.04. The van der Waals surface area contributed by atoms with Crippen LogP contribution < -0.4 is 5.32 Å². The fourth-order valence-electron chi connectivity index (χ4n) is 2.31. The van der Waals surface area contributed by atoms with Crippen LogP contribution in [0.25, 0.3) is 0 Å². The number of hydrogen-bond acceptors (Lipinski definition) is 2. The van der Waals surface area contributed by atoms with E-state index in [1.165, 1.54) is 12.5 Å². The van der Waals surface area contributed by atoms with Crippen LogP contribution in [0.2, 0.25) is 5.02 Å². The molecular weight excluding hydrogens is 325 g/mol. The molecule has 0 unspecified atom stereocenters. The quantitative estimate of drug-likeness (QED) is 0.657. The summed E-state index contributed by atoms with van der Waals surface area (Å²) in [4.78, 5) is 6.97. The number of aryl methyl sites for hydroxylation is 1. The fraction of sp³-hybridized carbons (Fsp3) is 0.421. The summed E-state index contributed by atoms with van der Waals surface area (Å²) in [5.74, 6) is 1.05. The highest BCUT2D eigenvalue weighted by Gasteiger charge is 2.46. The topological polar surface area (TPSA) is 40.7 Å². The third kappa shape index (κ3) is 6.00. The summed E-state index contributed by atoms with van der Waals surface area (Å²) in [5.41, 5.74) is 2.62. The van der Waals surface area contributed by atoms with E-state index in [9.17, 15) is 4.39 Å². The highest BCUT2D eigenvalue weighted by molar-refractivity contribution is 6.30. The summed E-state index contributed by atoms with van der Waals surface area (Å²) in [6, 6.07) is 5.03. The lowest BCUT2D eigenvalue weighted by atomic mass is 10.0. The molecule has 0 bridgehead atoms. The zero-order chi connectivity index (χ0) is 18.3. The Hall–Kier alpha value is -1.81. The number of imidazole rings is 1. The van der Waals surface area contributed by atoms with Crippen molar-refractivity contribution in [3.8, 4) is 0 Å². The fourth-order valence-corrected chi connectivity index (χ4v) is 2.49. The predicted molar refractivity (Wildman–Crippen MR) is 101 cm³/mol. The smallest absolute Gasteiger partial charge is 0.200 e. The van der Waals surface area contributed by atoms with Gasteiger partial charge in [0.15, 0.2) is 5.95 Å². The van der Waals surface area contributed by atoms with Crippen molar-refractivity contribution >= 4 is 17.5 Å². The maximum Gasteiger partial charge on any atom is 0.200 e. The van der Waals surface area contributed by atoms with Gasteiger partial charge in [0.2, 0.25) is 0 Å². The molecule has 0 amide bonds. The number of halogens is 2. The summed E-state index contributed by atoms with van der Waals surface area (Å²) in [7, 11) is 1.83. The average Bonchev–Trinajstić information content (AvgIpc) is 2.95. The van der Waals surface area contributed by atoms with Crippen LogP contribution >= 0.6 is 11.6 Å². The summed E-state index contributed by atoms with van der Waals surface area (Å²) < 4.78 is 12.8. The van der Waals surface area contributed by atoms with Gasteiger partial charge in [-0.3, -0.25) is 0 Å². The van der Waals surface area contributed by atoms with Crippen LogP contribution in [0.3, 0.4) is 0 Å². The normalized spacial score (nSPS) is 16.9. The van der Waals surface area contributed by atoms with Crippen molar-refractivity contribution in [2.75, 3.05) is 12.4 Å². The van der Waals surface area contributed by atoms with Gasteiger partial charge >= 0.3 is 0 Å². The number of rotatable bonds is 2. The number of allylic oxidation sites excluding steroid dienone is 1. The summed E-state index contributed by atoms with van der Waals surface area (Å²) in [5, 5.41) is 3.12. The van der Waals surface area contributed by atoms with Crippen LogP contribution in [-0.2, 0) is 0 Å². The number of nitrogens with zero attached hydrogens (tertiary/aromatic N) is 1. The lowest BCUT2D eigenvalue weighted by molar-refractivity contribution is 0.614. The standard InChI is InChI=1S/C11H12ClF.C5H9N3.C3H6/c1-11(2)6-8(11)7-3-4-10(13)9(12)5-7;1-4-3-7-5(6-2)8-4;1-3-2/h3-5,8H,6H2,1-2H3;3H,1-2H3,(H2,6,7,8);3H,1H2,2H3/t8-;;/m0../s1. The minimum Gasteiger partial charge on any atom is -0.359 e. The van der Waals surface area contributed by atoms with E-state index in [0.29, 0.717) is 11.3 Å². The monoisotopic (exact) mass is 351 g/mol. The van der Waals surface area contributed by atoms with Crippen LogP contribution in [0.5, 0.6) is 0 Å². The molecule has 1 aromatic carbocycles. The number of anilines is 1. The van der Waals surface area contributed by atoms with E-state index < -0.39 is 0 Å². The second-order valence-corrected chi connectivity index (χ2v) is 6.90. The number of nitrogens with one attached hydrogen (secondary N) is 2. The van der Waals surface area contributed by atoms with Crippen LogP contribution in [0.15, 0.2) is 37.1 Å². The van der Waals surface area contributed by atoms with Crippen molar-refractivity contribution in [1.82, 2.24) is 9.97 Å². The maximum atomic E-state index is 12.8. The van der Waals surface area contributed by atoms with Crippen LogP contribution in [0, 0.1) is 18.2 Å². The number of hydrogen-bond donors (Lipinski definition) is 2. The highest BCUT2D eigenvalue weighted by Crippen LogP contribution is 2.58. The third-order valence-electron chi connectivity index (χ3n) is 3.80. The van der Waals surface area contributed by atoms with Crippen molar-refractivity contribution in [2.24, 2.45) is 5.41 Å². The first kappa shape index (κ1) is 20.2. The van der Waals surface area contributed by atoms with Crippen molar-refractivity contribution in [3.63, 3.8) is 0 Å². The SMILES string of the molecule is C=CC.CC1(C)C[C@H]1c1ccc(F)c(Cl)c1.CNc1ncc(C)[nH]1. The minimum atomic E-state index is -0.330. The first-order chi connectivity index (χ1) is 11.2. The first-order valence-corrected chi connectivity index (χ1v) is 8.34. The van der Waals surface area contributed by atoms with Gasteiger partial charge in [-0.2, -0.15) is 0 Å². The Bertz CT molecular complexity index is 664. The molecule has 0 aliphatic heterocycles. The molecule has 1 fully saturated rings. The molecule has 1 heterocycles. The second-order valence-electron chi connectivity index (χ2n) is 6.49. The molecule has 0 spiro atoms. The van der Waals surface area contributed by atoms with Crippen molar-refractivity contribution < 1.29 is 4.39 Å². The van der Waals surface area contributed by atoms with Gasteiger partial charge in [0, 0.05) is 18.9 Å². The molecular formula is C19H27ClFN3. The molecule has 5 heteroatoms. The Morgan fingerprint density at radius 3 is 2.38 bits per heavy atom. The average molecular weight is 352 g/mol. The summed E-state index contributed by atoms with van der Waals surface area (Å²) in [6.07, 6.45) is 4.71. The molecule has 0 saturated heterocycles. The summed E-state index contributed by atoms with van der Waals surface area (Å²) >= 11 is 5.70. The minimum absolute atomic E-state index is 0.236. The Kier molecular flexibility index (Phi) is 7.49. The van der Waals surface area contributed by atoms with Crippen molar-refractivity contribution in [3.05, 3.63) is 59.1 Å². The summed E-state index contributed by atoms with van der Waals surface area (Å²) in [6.45, 7) is 11.7. The van der Waals surface area contributed by atoms with Gasteiger partial charge in [0.1, 0.15) is 5.82 Å². The third-order valence-corrected chi connectivity index (χ3v) is 4.09. The van der Waals surface area contributed by atoms with Crippen LogP contribution in [-0.4, -0.2) is 17.0 Å². The van der Waals surface area contributed by atoms with E-state index in [1.807, 2.05) is 27.0 Å².